The van der Waals surface area contributed by atoms with Crippen molar-refractivity contribution in [1.29, 1.82) is 0 Å². The SMILES string of the molecule is O=C(NCc1ccc(S(=O)(=O)N2CCC(Nc3ccc(Cl)cc3)CC2)s1)c1cccc([N+](=O)[O-])c1.O=C(NCc1ccc(S(=O)(=O)N2CCC(Nc3ccccc3[N+](=O)[O-])CC2)s1)c1cccc([N+](=O)[O-])c1. The summed E-state index contributed by atoms with van der Waals surface area (Å²) >= 11 is 8.07. The second-order valence-electron chi connectivity index (χ2n) is 16.3. The van der Waals surface area contributed by atoms with Gasteiger partial charge in [0.25, 0.3) is 48.9 Å². The summed E-state index contributed by atoms with van der Waals surface area (Å²) in [4.78, 5) is 57.4. The molecule has 21 nitrogen and oxygen atoms in total. The number of non-ortho nitro benzene ring substituents is 2. The number of nitro groups is 3. The van der Waals surface area contributed by atoms with E-state index in [1.165, 1.54) is 69.3 Å². The van der Waals surface area contributed by atoms with Crippen LogP contribution in [-0.4, -0.2) is 90.3 Å². The number of carbonyl (C=O) groups excluding carboxylic acids is 2. The van der Waals surface area contributed by atoms with Gasteiger partial charge in [0, 0.05) is 100 Å². The van der Waals surface area contributed by atoms with Crippen LogP contribution in [0.5, 0.6) is 0 Å². The zero-order valence-corrected chi connectivity index (χ0v) is 41.9. The third kappa shape index (κ3) is 13.5. The number of nitrogens with zero attached hydrogens (tertiary/aromatic N) is 5. The lowest BCUT2D eigenvalue weighted by atomic mass is 10.1. The number of anilines is 2. The molecule has 8 rings (SSSR count). The smallest absolute Gasteiger partial charge is 0.292 e. The second-order valence-corrected chi connectivity index (χ2v) is 23.5. The van der Waals surface area contributed by atoms with Gasteiger partial charge in [-0.05, 0) is 92.4 Å². The zero-order valence-electron chi connectivity index (χ0n) is 37.9. The average Bonchev–Trinajstić information content (AvgIpc) is 4.08. The number of thiophene rings is 2. The first-order valence-corrected chi connectivity index (χ1v) is 27.0. The largest absolute Gasteiger partial charge is 0.382 e. The standard InChI is InChI=1S/C23H23ClN4O5S2.C23H23N5O7S2/c24-17-4-6-18(7-5-17)26-19-10-12-27(13-11-19)35(32,33)22-9-8-21(34-22)15-25-23(29)16-2-1-3-20(14-16)28(30)31;29-23(16-4-3-5-18(14-16)27(30)31)24-15-19-8-9-22(36-19)37(34,35)26-12-10-17(11-13-26)25-20-6-1-2-7-21(20)28(32)33/h1-9,14,19,26H,10-13,15H2,(H,25,29);1-9,14,17,25H,10-13,15H2,(H,24,29). The van der Waals surface area contributed by atoms with Crippen LogP contribution < -0.4 is 21.3 Å². The Balaban J connectivity index is 0.000000212. The van der Waals surface area contributed by atoms with Gasteiger partial charge in [-0.15, -0.1) is 22.7 Å². The van der Waals surface area contributed by atoms with Crippen LogP contribution >= 0.6 is 34.3 Å². The van der Waals surface area contributed by atoms with Gasteiger partial charge in [-0.3, -0.25) is 39.9 Å². The third-order valence-corrected chi connectivity index (χ3v) is 18.7. The van der Waals surface area contributed by atoms with Crippen LogP contribution in [0.15, 0.2) is 130 Å². The van der Waals surface area contributed by atoms with E-state index in [0.717, 1.165) is 28.4 Å². The van der Waals surface area contributed by atoms with E-state index in [-0.39, 0.29) is 74.9 Å². The van der Waals surface area contributed by atoms with Crippen molar-refractivity contribution < 1.29 is 41.2 Å². The highest BCUT2D eigenvalue weighted by Gasteiger charge is 2.33. The molecule has 2 saturated heterocycles. The number of nitro benzene ring substituents is 3. The Bertz CT molecular complexity index is 3180. The first-order valence-electron chi connectivity index (χ1n) is 22.1. The van der Waals surface area contributed by atoms with E-state index in [2.05, 4.69) is 21.3 Å². The minimum Gasteiger partial charge on any atom is -0.382 e. The van der Waals surface area contributed by atoms with Crippen LogP contribution in [0.25, 0.3) is 0 Å². The van der Waals surface area contributed by atoms with Crippen molar-refractivity contribution in [3.63, 3.8) is 0 Å². The molecule has 0 saturated carbocycles. The first kappa shape index (κ1) is 52.9. The van der Waals surface area contributed by atoms with Gasteiger partial charge in [-0.25, -0.2) is 16.8 Å². The van der Waals surface area contributed by atoms with Gasteiger partial charge in [0.05, 0.1) is 27.9 Å². The number of para-hydroxylation sites is 2. The Labute approximate surface area is 426 Å². The quantitative estimate of drug-likeness (QED) is 0.0494. The summed E-state index contributed by atoms with van der Waals surface area (Å²) in [6.07, 6.45) is 2.34. The number of nitrogens with one attached hydrogen (secondary N) is 4. The fourth-order valence-corrected chi connectivity index (χ4v) is 13.7. The van der Waals surface area contributed by atoms with Crippen LogP contribution in [0.3, 0.4) is 0 Å². The Hall–Kier alpha value is -6.87. The summed E-state index contributed by atoms with van der Waals surface area (Å²) in [6.45, 7) is 1.53. The Kier molecular flexibility index (Phi) is 17.3. The molecule has 6 aromatic rings. The minimum absolute atomic E-state index is 0.0266. The van der Waals surface area contributed by atoms with Crippen molar-refractivity contribution in [3.05, 3.63) is 178 Å². The number of hydrogen-bond acceptors (Lipinski definition) is 16. The molecule has 0 aliphatic carbocycles. The monoisotopic (exact) mass is 1080 g/mol. The zero-order chi connectivity index (χ0) is 51.6. The molecule has 2 fully saturated rings. The van der Waals surface area contributed by atoms with Crippen LogP contribution in [0.1, 0.15) is 56.2 Å². The van der Waals surface area contributed by atoms with Crippen LogP contribution in [-0.2, 0) is 33.1 Å². The highest BCUT2D eigenvalue weighted by Crippen LogP contribution is 2.31. The molecule has 4 N–H and O–H groups in total. The van der Waals surface area contributed by atoms with Gasteiger partial charge in [0.15, 0.2) is 0 Å². The molecule has 0 spiro atoms. The minimum atomic E-state index is -3.74. The van der Waals surface area contributed by atoms with E-state index >= 15 is 0 Å². The maximum atomic E-state index is 13.1. The van der Waals surface area contributed by atoms with E-state index in [1.54, 1.807) is 36.4 Å². The molecule has 0 radical (unpaired) electrons. The number of piperidine rings is 2. The van der Waals surface area contributed by atoms with Gasteiger partial charge in [0.2, 0.25) is 0 Å². The van der Waals surface area contributed by atoms with E-state index < -0.39 is 46.6 Å². The summed E-state index contributed by atoms with van der Waals surface area (Å²) in [5.74, 6) is -0.975. The maximum absolute atomic E-state index is 13.1. The van der Waals surface area contributed by atoms with E-state index in [4.69, 9.17) is 11.6 Å². The van der Waals surface area contributed by atoms with Crippen molar-refractivity contribution in [2.75, 3.05) is 36.8 Å². The molecular formula is C46H46ClN9O12S4. The molecule has 0 atom stereocenters. The lowest BCUT2D eigenvalue weighted by molar-refractivity contribution is -0.385. The molecule has 2 aromatic heterocycles. The fraction of sp³-hybridized carbons (Fsp3) is 0.261. The number of benzene rings is 4. The van der Waals surface area contributed by atoms with Gasteiger partial charge in [-0.2, -0.15) is 8.61 Å². The number of hydrogen-bond donors (Lipinski definition) is 4. The number of amides is 2. The van der Waals surface area contributed by atoms with E-state index in [9.17, 15) is 56.8 Å². The summed E-state index contributed by atoms with van der Waals surface area (Å²) in [5, 5.41) is 45.6. The van der Waals surface area contributed by atoms with Gasteiger partial charge in [-0.1, -0.05) is 35.9 Å². The average molecular weight is 1080 g/mol. The highest BCUT2D eigenvalue weighted by atomic mass is 35.5. The van der Waals surface area contributed by atoms with Crippen molar-refractivity contribution in [2.24, 2.45) is 0 Å². The molecule has 2 amide bonds. The van der Waals surface area contributed by atoms with Crippen LogP contribution in [0.2, 0.25) is 5.02 Å². The number of sulfonamides is 2. The number of halogens is 1. The topological polar surface area (TPSA) is 286 Å². The molecule has 4 heterocycles. The summed E-state index contributed by atoms with van der Waals surface area (Å²) < 4.78 is 55.8. The lowest BCUT2D eigenvalue weighted by Crippen LogP contribution is -2.42. The fourth-order valence-electron chi connectivity index (χ4n) is 7.74. The van der Waals surface area contributed by atoms with E-state index in [0.29, 0.717) is 59.2 Å². The van der Waals surface area contributed by atoms with Crippen molar-refractivity contribution in [1.82, 2.24) is 19.2 Å². The van der Waals surface area contributed by atoms with Crippen molar-refractivity contribution >= 4 is 94.6 Å². The second kappa shape index (κ2) is 23.6. The molecular weight excluding hydrogens is 1030 g/mol. The maximum Gasteiger partial charge on any atom is 0.292 e. The molecule has 72 heavy (non-hydrogen) atoms. The third-order valence-electron chi connectivity index (χ3n) is 11.5. The normalized spacial score (nSPS) is 14.8. The van der Waals surface area contributed by atoms with Gasteiger partial charge < -0.3 is 21.3 Å². The van der Waals surface area contributed by atoms with Gasteiger partial charge in [0.1, 0.15) is 14.1 Å². The summed E-state index contributed by atoms with van der Waals surface area (Å²) in [5.41, 5.74) is 1.26. The van der Waals surface area contributed by atoms with Crippen LogP contribution in [0, 0.1) is 30.3 Å². The van der Waals surface area contributed by atoms with Gasteiger partial charge >= 0.3 is 0 Å². The summed E-state index contributed by atoms with van der Waals surface area (Å²) in [6, 6.07) is 30.9. The van der Waals surface area contributed by atoms with Crippen LogP contribution in [0.4, 0.5) is 28.4 Å². The van der Waals surface area contributed by atoms with Crippen molar-refractivity contribution in [3.8, 4) is 0 Å². The molecule has 4 aromatic carbocycles. The predicted molar refractivity (Wildman–Crippen MR) is 273 cm³/mol. The Morgan fingerprint density at radius 2 is 1.01 bits per heavy atom. The number of carbonyl (C=O) groups is 2. The summed E-state index contributed by atoms with van der Waals surface area (Å²) in [7, 11) is -7.37. The number of rotatable bonds is 17. The Morgan fingerprint density at radius 3 is 1.46 bits per heavy atom. The molecule has 2 aliphatic heterocycles. The molecule has 26 heteroatoms. The Morgan fingerprint density at radius 1 is 0.569 bits per heavy atom. The molecule has 0 unspecified atom stereocenters. The highest BCUT2D eigenvalue weighted by molar-refractivity contribution is 7.91. The van der Waals surface area contributed by atoms with Crippen molar-refractivity contribution in [2.45, 2.75) is 59.3 Å². The van der Waals surface area contributed by atoms with E-state index in [1.807, 2.05) is 24.3 Å². The molecule has 0 bridgehead atoms. The lowest BCUT2D eigenvalue weighted by Gasteiger charge is -2.31. The predicted octanol–water partition coefficient (Wildman–Crippen LogP) is 8.26. The molecule has 378 valence electrons. The first-order chi connectivity index (χ1) is 34.4. The molecule has 2 aliphatic rings.